The topological polar surface area (TPSA) is 102 Å². The summed E-state index contributed by atoms with van der Waals surface area (Å²) in [5, 5.41) is 13.7. The molecule has 148 valence electrons. The predicted octanol–water partition coefficient (Wildman–Crippen LogP) is 3.40. The Kier molecular flexibility index (Phi) is 7.08. The van der Waals surface area contributed by atoms with Gasteiger partial charge in [0, 0.05) is 30.4 Å². The summed E-state index contributed by atoms with van der Waals surface area (Å²) >= 11 is 0. The number of rotatable bonds is 8. The Hall–Kier alpha value is -3.42. The van der Waals surface area contributed by atoms with Crippen molar-refractivity contribution in [2.24, 2.45) is 0 Å². The highest BCUT2D eigenvalue weighted by Crippen LogP contribution is 2.27. The van der Waals surface area contributed by atoms with Crippen molar-refractivity contribution in [1.82, 2.24) is 4.90 Å². The third-order valence-electron chi connectivity index (χ3n) is 4.11. The minimum atomic E-state index is -0.553. The van der Waals surface area contributed by atoms with Crippen molar-refractivity contribution in [2.45, 2.75) is 20.8 Å². The van der Waals surface area contributed by atoms with E-state index in [9.17, 15) is 19.7 Å². The number of nitro groups is 1. The number of benzene rings is 2. The van der Waals surface area contributed by atoms with Crippen LogP contribution in [-0.4, -0.2) is 41.3 Å². The summed E-state index contributed by atoms with van der Waals surface area (Å²) in [5.74, 6) is -0.578. The molecule has 0 saturated carbocycles. The van der Waals surface area contributed by atoms with Gasteiger partial charge < -0.3 is 15.0 Å². The van der Waals surface area contributed by atoms with Gasteiger partial charge in [-0.15, -0.1) is 0 Å². The highest BCUT2D eigenvalue weighted by Gasteiger charge is 2.17. The molecule has 2 rings (SSSR count). The summed E-state index contributed by atoms with van der Waals surface area (Å²) in [6.45, 7) is 6.32. The maximum Gasteiger partial charge on any atom is 0.311 e. The van der Waals surface area contributed by atoms with E-state index in [-0.39, 0.29) is 17.3 Å². The minimum Gasteiger partial charge on any atom is -0.477 e. The molecule has 0 aliphatic rings. The fraction of sp³-hybridized carbons (Fsp3) is 0.300. The van der Waals surface area contributed by atoms with E-state index in [1.54, 1.807) is 42.2 Å². The van der Waals surface area contributed by atoms with Gasteiger partial charge in [-0.3, -0.25) is 19.7 Å². The van der Waals surface area contributed by atoms with Crippen LogP contribution in [0.15, 0.2) is 42.5 Å². The van der Waals surface area contributed by atoms with Crippen molar-refractivity contribution < 1.29 is 19.2 Å². The van der Waals surface area contributed by atoms with Crippen LogP contribution in [0.3, 0.4) is 0 Å². The van der Waals surface area contributed by atoms with E-state index < -0.39 is 17.4 Å². The Morgan fingerprint density at radius 1 is 1.14 bits per heavy atom. The van der Waals surface area contributed by atoms with Crippen molar-refractivity contribution >= 4 is 23.2 Å². The van der Waals surface area contributed by atoms with Crippen LogP contribution in [-0.2, 0) is 4.79 Å². The molecule has 2 aromatic rings. The number of aryl methyl sites for hydroxylation is 1. The molecule has 0 aliphatic carbocycles. The van der Waals surface area contributed by atoms with Crippen LogP contribution in [0.4, 0.5) is 11.4 Å². The highest BCUT2D eigenvalue weighted by atomic mass is 16.6. The number of nitrogens with one attached hydrogen (secondary N) is 1. The Balaban J connectivity index is 2.04. The number of anilines is 1. The molecule has 0 aliphatic heterocycles. The number of ether oxygens (including phenoxy) is 1. The van der Waals surface area contributed by atoms with Crippen LogP contribution in [0.5, 0.6) is 5.75 Å². The first-order chi connectivity index (χ1) is 13.3. The maximum absolute atomic E-state index is 12.4. The Bertz CT molecular complexity index is 878. The number of hydrogen-bond acceptors (Lipinski definition) is 5. The standard InChI is InChI=1S/C20H23N3O5/c1-4-22(5-2)20(25)15-7-6-8-16(12-15)21-19(24)13-28-18-10-9-14(3)11-17(18)23(26)27/h6-12H,4-5,13H2,1-3H3,(H,21,24). The Morgan fingerprint density at radius 2 is 1.86 bits per heavy atom. The zero-order valence-corrected chi connectivity index (χ0v) is 16.1. The van der Waals surface area contributed by atoms with Crippen LogP contribution >= 0.6 is 0 Å². The molecule has 0 atom stereocenters. The second-order valence-corrected chi connectivity index (χ2v) is 6.12. The van der Waals surface area contributed by atoms with Crippen LogP contribution < -0.4 is 10.1 Å². The molecular weight excluding hydrogens is 362 g/mol. The molecular formula is C20H23N3O5. The van der Waals surface area contributed by atoms with Crippen LogP contribution in [0, 0.1) is 17.0 Å². The van der Waals surface area contributed by atoms with Gasteiger partial charge in [0.1, 0.15) is 0 Å². The fourth-order valence-electron chi connectivity index (χ4n) is 2.66. The molecule has 8 nitrogen and oxygen atoms in total. The van der Waals surface area contributed by atoms with E-state index in [4.69, 9.17) is 4.74 Å². The van der Waals surface area contributed by atoms with Crippen molar-refractivity contribution in [3.63, 3.8) is 0 Å². The molecule has 0 radical (unpaired) electrons. The lowest BCUT2D eigenvalue weighted by atomic mass is 10.1. The molecule has 0 saturated heterocycles. The highest BCUT2D eigenvalue weighted by molar-refractivity contribution is 5.97. The van der Waals surface area contributed by atoms with Crippen LogP contribution in [0.25, 0.3) is 0 Å². The van der Waals surface area contributed by atoms with Gasteiger partial charge in [0.25, 0.3) is 11.8 Å². The van der Waals surface area contributed by atoms with Crippen molar-refractivity contribution in [1.29, 1.82) is 0 Å². The molecule has 8 heteroatoms. The summed E-state index contributed by atoms with van der Waals surface area (Å²) in [5.41, 5.74) is 1.44. The SMILES string of the molecule is CCN(CC)C(=O)c1cccc(NC(=O)COc2ccc(C)cc2[N+](=O)[O-])c1. The lowest BCUT2D eigenvalue weighted by molar-refractivity contribution is -0.385. The summed E-state index contributed by atoms with van der Waals surface area (Å²) in [4.78, 5) is 36.8. The molecule has 0 heterocycles. The number of carbonyl (C=O) groups is 2. The summed E-state index contributed by atoms with van der Waals surface area (Å²) in [6.07, 6.45) is 0. The van der Waals surface area contributed by atoms with Gasteiger partial charge in [-0.05, 0) is 50.6 Å². The average molecular weight is 385 g/mol. The number of carbonyl (C=O) groups excluding carboxylic acids is 2. The molecule has 1 N–H and O–H groups in total. The van der Waals surface area contributed by atoms with Crippen LogP contribution in [0.1, 0.15) is 29.8 Å². The Labute approximate surface area is 163 Å². The van der Waals surface area contributed by atoms with Gasteiger partial charge in [-0.25, -0.2) is 0 Å². The first kappa shape index (κ1) is 20.9. The van der Waals surface area contributed by atoms with Gasteiger partial charge in [-0.2, -0.15) is 0 Å². The second kappa shape index (κ2) is 9.50. The summed E-state index contributed by atoms with van der Waals surface area (Å²) in [7, 11) is 0. The van der Waals surface area contributed by atoms with E-state index in [0.717, 1.165) is 5.56 Å². The van der Waals surface area contributed by atoms with E-state index in [1.165, 1.54) is 12.1 Å². The molecule has 2 aromatic carbocycles. The van der Waals surface area contributed by atoms with Crippen molar-refractivity contribution in [3.8, 4) is 5.75 Å². The zero-order chi connectivity index (χ0) is 20.7. The molecule has 0 spiro atoms. The molecule has 2 amide bonds. The smallest absolute Gasteiger partial charge is 0.311 e. The first-order valence-corrected chi connectivity index (χ1v) is 8.92. The quantitative estimate of drug-likeness (QED) is 0.554. The number of amides is 2. The van der Waals surface area contributed by atoms with Gasteiger partial charge in [0.2, 0.25) is 0 Å². The Morgan fingerprint density at radius 3 is 2.50 bits per heavy atom. The minimum absolute atomic E-state index is 0.0243. The predicted molar refractivity (Wildman–Crippen MR) is 106 cm³/mol. The third-order valence-corrected chi connectivity index (χ3v) is 4.11. The molecule has 28 heavy (non-hydrogen) atoms. The normalized spacial score (nSPS) is 10.2. The number of nitro benzene ring substituents is 1. The molecule has 0 unspecified atom stereocenters. The molecule has 0 bridgehead atoms. The lowest BCUT2D eigenvalue weighted by Crippen LogP contribution is -2.30. The van der Waals surface area contributed by atoms with E-state index in [1.807, 2.05) is 13.8 Å². The first-order valence-electron chi connectivity index (χ1n) is 8.92. The van der Waals surface area contributed by atoms with E-state index in [0.29, 0.717) is 24.3 Å². The monoisotopic (exact) mass is 385 g/mol. The largest absolute Gasteiger partial charge is 0.477 e. The number of hydrogen-bond donors (Lipinski definition) is 1. The zero-order valence-electron chi connectivity index (χ0n) is 16.1. The van der Waals surface area contributed by atoms with Crippen molar-refractivity contribution in [3.05, 3.63) is 63.7 Å². The van der Waals surface area contributed by atoms with E-state index >= 15 is 0 Å². The maximum atomic E-state index is 12.4. The van der Waals surface area contributed by atoms with E-state index in [2.05, 4.69) is 5.32 Å². The summed E-state index contributed by atoms with van der Waals surface area (Å²) < 4.78 is 5.31. The van der Waals surface area contributed by atoms with Crippen LogP contribution in [0.2, 0.25) is 0 Å². The molecule has 0 fully saturated rings. The van der Waals surface area contributed by atoms with Gasteiger partial charge >= 0.3 is 5.69 Å². The fourth-order valence-corrected chi connectivity index (χ4v) is 2.66. The average Bonchev–Trinajstić information content (AvgIpc) is 2.68. The van der Waals surface area contributed by atoms with Crippen molar-refractivity contribution in [2.75, 3.05) is 25.0 Å². The van der Waals surface area contributed by atoms with Gasteiger partial charge in [-0.1, -0.05) is 12.1 Å². The molecule has 0 aromatic heterocycles. The second-order valence-electron chi connectivity index (χ2n) is 6.12. The van der Waals surface area contributed by atoms with Gasteiger partial charge in [0.05, 0.1) is 4.92 Å². The lowest BCUT2D eigenvalue weighted by Gasteiger charge is -2.19. The van der Waals surface area contributed by atoms with Gasteiger partial charge in [0.15, 0.2) is 12.4 Å². The summed E-state index contributed by atoms with van der Waals surface area (Å²) in [6, 6.07) is 11.1. The number of nitrogens with zero attached hydrogens (tertiary/aromatic N) is 2. The third kappa shape index (κ3) is 5.29.